The van der Waals surface area contributed by atoms with E-state index >= 15 is 0 Å². The first kappa shape index (κ1) is 48.4. The Morgan fingerprint density at radius 3 is 0.756 bits per heavy atom. The summed E-state index contributed by atoms with van der Waals surface area (Å²) in [6.45, 7) is 0. The molecule has 0 amide bonds. The zero-order chi connectivity index (χ0) is 31.9. The topological polar surface area (TPSA) is 408 Å². The van der Waals surface area contributed by atoms with Crippen molar-refractivity contribution in [2.45, 2.75) is 55.3 Å². The van der Waals surface area contributed by atoms with E-state index in [1.807, 2.05) is 0 Å². The van der Waals surface area contributed by atoms with Crippen molar-refractivity contribution in [1.29, 1.82) is 0 Å². The minimum atomic E-state index is -2.97. The Hall–Kier alpha value is -2.37. The van der Waals surface area contributed by atoms with Gasteiger partial charge in [0.1, 0.15) is 5.60 Å². The van der Waals surface area contributed by atoms with Crippen LogP contribution in [0.1, 0.15) is 38.5 Å². The number of hydrogen-bond acceptors (Lipinski definition) is 16. The van der Waals surface area contributed by atoms with Gasteiger partial charge in [-0.2, -0.15) is 0 Å². The quantitative estimate of drug-likeness (QED) is 0.0761. The molecule has 222 valence electrons. The Bertz CT molecular complexity index is 817. The van der Waals surface area contributed by atoms with Gasteiger partial charge in [-0.3, -0.25) is 14.4 Å². The predicted octanol–water partition coefficient (Wildman–Crippen LogP) is -9.85. The number of hydrogen-bond donors (Lipinski definition) is 8. The van der Waals surface area contributed by atoms with Gasteiger partial charge in [0.05, 0.1) is 25.2 Å². The summed E-state index contributed by atoms with van der Waals surface area (Å²) in [7, 11) is 0. The SMILES string of the molecule is O=C(O)CC(O)(CC(=O)O)C(=O)O.O=C([O-])CC(O)(CC(=O)O)C(=O)O.O=C([O-])CC(O)(CC(=O)[O-])C(=O)[O-].[Ca+2].[Ca+2]. The normalized spacial score (nSPS) is 11.5. The van der Waals surface area contributed by atoms with E-state index in [0.29, 0.717) is 0 Å². The summed E-state index contributed by atoms with van der Waals surface area (Å²) in [4.78, 5) is 90.8. The molecule has 0 aromatic rings. The number of rotatable bonds is 15. The van der Waals surface area contributed by atoms with Gasteiger partial charge in [-0.15, -0.1) is 0 Å². The summed E-state index contributed by atoms with van der Waals surface area (Å²) in [5.74, 6) is -16.3. The van der Waals surface area contributed by atoms with E-state index in [-0.39, 0.29) is 75.5 Å². The van der Waals surface area contributed by atoms with Crippen molar-refractivity contribution in [2.75, 3.05) is 0 Å². The van der Waals surface area contributed by atoms with Crippen LogP contribution in [0.15, 0.2) is 0 Å². The van der Waals surface area contributed by atoms with E-state index in [1.54, 1.807) is 0 Å². The van der Waals surface area contributed by atoms with Crippen molar-refractivity contribution in [3.63, 3.8) is 0 Å². The fraction of sp³-hybridized carbons (Fsp3) is 0.500. The second-order valence-corrected chi connectivity index (χ2v) is 7.35. The molecule has 0 aliphatic carbocycles. The van der Waals surface area contributed by atoms with Gasteiger partial charge >= 0.3 is 105 Å². The monoisotopic (exact) mass is 652 g/mol. The molecule has 0 aliphatic rings. The summed E-state index contributed by atoms with van der Waals surface area (Å²) in [5, 5.41) is 108. The molecule has 23 heteroatoms. The van der Waals surface area contributed by atoms with Crippen LogP contribution in [0.4, 0.5) is 0 Å². The third-order valence-corrected chi connectivity index (χ3v) is 3.82. The average molecular weight is 652 g/mol. The second-order valence-electron chi connectivity index (χ2n) is 7.35. The summed E-state index contributed by atoms with van der Waals surface area (Å²) in [6.07, 6.45) is -7.44. The van der Waals surface area contributed by atoms with E-state index in [9.17, 15) is 63.6 Å². The molecular formula is C18H20Ca2O21. The van der Waals surface area contributed by atoms with Gasteiger partial charge in [0.2, 0.25) is 0 Å². The van der Waals surface area contributed by atoms with Gasteiger partial charge in [-0.25, -0.2) is 9.59 Å². The molecule has 21 nitrogen and oxygen atoms in total. The molecule has 0 radical (unpaired) electrons. The van der Waals surface area contributed by atoms with E-state index in [1.165, 1.54) is 0 Å². The fourth-order valence-corrected chi connectivity index (χ4v) is 2.10. The van der Waals surface area contributed by atoms with Crippen LogP contribution in [0.25, 0.3) is 0 Å². The minimum Gasteiger partial charge on any atom is -0.550 e. The maximum absolute atomic E-state index is 10.3. The summed E-state index contributed by atoms with van der Waals surface area (Å²) < 4.78 is 0. The number of carboxylic acid groups (broad SMARTS) is 9. The van der Waals surface area contributed by atoms with Crippen molar-refractivity contribution in [1.82, 2.24) is 0 Å². The molecule has 1 atom stereocenters. The Morgan fingerprint density at radius 1 is 0.415 bits per heavy atom. The van der Waals surface area contributed by atoms with Gasteiger partial charge in [-0.1, -0.05) is 0 Å². The molecule has 0 heterocycles. The zero-order valence-electron chi connectivity index (χ0n) is 20.5. The van der Waals surface area contributed by atoms with Gasteiger partial charge in [0.15, 0.2) is 11.2 Å². The Kier molecular flexibility index (Phi) is 25.2. The molecule has 0 saturated carbocycles. The van der Waals surface area contributed by atoms with Crippen LogP contribution in [0.5, 0.6) is 0 Å². The smallest absolute Gasteiger partial charge is 0.550 e. The number of carbonyl (C=O) groups excluding carboxylic acids is 4. The van der Waals surface area contributed by atoms with Crippen molar-refractivity contribution in [2.24, 2.45) is 0 Å². The summed E-state index contributed by atoms with van der Waals surface area (Å²) >= 11 is 0. The van der Waals surface area contributed by atoms with Crippen LogP contribution in [0.2, 0.25) is 0 Å². The molecular weight excluding hydrogens is 632 g/mol. The van der Waals surface area contributed by atoms with Gasteiger partial charge in [0, 0.05) is 37.2 Å². The van der Waals surface area contributed by atoms with E-state index in [4.69, 9.17) is 40.9 Å². The van der Waals surface area contributed by atoms with Crippen LogP contribution in [-0.2, 0) is 43.2 Å². The number of carbonyl (C=O) groups is 9. The van der Waals surface area contributed by atoms with Crippen molar-refractivity contribution in [3.05, 3.63) is 0 Å². The number of carboxylic acids is 9. The van der Waals surface area contributed by atoms with Crippen molar-refractivity contribution in [3.8, 4) is 0 Å². The Balaban J connectivity index is -0.000000154. The molecule has 0 fully saturated rings. The number of aliphatic carboxylic acids is 9. The molecule has 1 unspecified atom stereocenters. The molecule has 8 N–H and O–H groups in total. The summed E-state index contributed by atoms with van der Waals surface area (Å²) in [5.41, 5.74) is -8.51. The van der Waals surface area contributed by atoms with Crippen molar-refractivity contribution >= 4 is 129 Å². The molecule has 41 heavy (non-hydrogen) atoms. The van der Waals surface area contributed by atoms with E-state index in [2.05, 4.69) is 0 Å². The maximum atomic E-state index is 10.3. The van der Waals surface area contributed by atoms with Gasteiger partial charge in [-0.05, 0) is 0 Å². The largest absolute Gasteiger partial charge is 2.00 e. The molecule has 0 aromatic heterocycles. The molecule has 0 bridgehead atoms. The molecule has 0 spiro atoms. The minimum absolute atomic E-state index is 0. The molecule has 0 rings (SSSR count). The standard InChI is InChI=1S/3C6H8O7.2Ca/c3*7-3(8)1-6(13,5(11)12)2-4(9)10;;/h3*13H,1-2H2,(H,7,8)(H,9,10)(H,11,12);;/q;;;2*+2/p-4. The van der Waals surface area contributed by atoms with Crippen LogP contribution in [0, 0.1) is 0 Å². The van der Waals surface area contributed by atoms with Crippen molar-refractivity contribution < 1.29 is 104 Å². The predicted molar refractivity (Wildman–Crippen MR) is 112 cm³/mol. The number of aliphatic hydroxyl groups is 3. The van der Waals surface area contributed by atoms with Gasteiger partial charge in [0.25, 0.3) is 0 Å². The molecule has 0 aliphatic heterocycles. The first-order valence-corrected chi connectivity index (χ1v) is 9.44. The Labute approximate surface area is 286 Å². The first-order valence-electron chi connectivity index (χ1n) is 9.44. The van der Waals surface area contributed by atoms with Crippen LogP contribution in [-0.4, -0.2) is 187 Å². The maximum Gasteiger partial charge on any atom is 2.00 e. The van der Waals surface area contributed by atoms with E-state index < -0.39 is 109 Å². The third-order valence-electron chi connectivity index (χ3n) is 3.82. The van der Waals surface area contributed by atoms with Crippen LogP contribution < -0.4 is 20.4 Å². The Morgan fingerprint density at radius 2 is 0.610 bits per heavy atom. The first-order chi connectivity index (χ1) is 17.3. The summed E-state index contributed by atoms with van der Waals surface area (Å²) in [6, 6.07) is 0. The molecule has 0 saturated heterocycles. The van der Waals surface area contributed by atoms with Crippen LogP contribution >= 0.6 is 0 Å². The average Bonchev–Trinajstić information content (AvgIpc) is 2.64. The third kappa shape index (κ3) is 22.9. The van der Waals surface area contributed by atoms with Crippen LogP contribution in [0.3, 0.4) is 0 Å². The van der Waals surface area contributed by atoms with E-state index in [0.717, 1.165) is 0 Å². The molecule has 0 aromatic carbocycles. The van der Waals surface area contributed by atoms with Gasteiger partial charge < -0.3 is 80.5 Å². The fourth-order valence-electron chi connectivity index (χ4n) is 2.10. The second kappa shape index (κ2) is 21.3. The zero-order valence-corrected chi connectivity index (χ0v) is 25.0.